The van der Waals surface area contributed by atoms with Crippen LogP contribution >= 0.6 is 0 Å². The number of hydrogen-bond donors (Lipinski definition) is 1. The van der Waals surface area contributed by atoms with Crippen molar-refractivity contribution in [1.29, 1.82) is 0 Å². The monoisotopic (exact) mass is 272 g/mol. The zero-order valence-corrected chi connectivity index (χ0v) is 11.1. The van der Waals surface area contributed by atoms with Gasteiger partial charge in [0.2, 0.25) is 0 Å². The van der Waals surface area contributed by atoms with Crippen molar-refractivity contribution in [3.8, 4) is 0 Å². The molecule has 1 aliphatic heterocycles. The van der Waals surface area contributed by atoms with E-state index in [0.29, 0.717) is 12.5 Å². The van der Waals surface area contributed by atoms with Gasteiger partial charge < -0.3 is 5.32 Å². The second kappa shape index (κ2) is 6.39. The summed E-state index contributed by atoms with van der Waals surface area (Å²) in [4.78, 5) is 2.09. The molecule has 1 atom stereocenters. The lowest BCUT2D eigenvalue weighted by Gasteiger charge is -2.35. The van der Waals surface area contributed by atoms with Crippen LogP contribution in [0.5, 0.6) is 0 Å². The quantitative estimate of drug-likeness (QED) is 0.848. The summed E-state index contributed by atoms with van der Waals surface area (Å²) < 4.78 is 40.6. The highest BCUT2D eigenvalue weighted by Gasteiger charge is 2.26. The molecule has 106 valence electrons. The number of rotatable bonds is 4. The van der Waals surface area contributed by atoms with E-state index < -0.39 is 17.5 Å². The molecule has 19 heavy (non-hydrogen) atoms. The maximum absolute atomic E-state index is 13.9. The van der Waals surface area contributed by atoms with Gasteiger partial charge in [0.05, 0.1) is 0 Å². The summed E-state index contributed by atoms with van der Waals surface area (Å²) in [5.41, 5.74) is 0.140. The maximum atomic E-state index is 13.9. The van der Waals surface area contributed by atoms with Crippen LogP contribution in [0.3, 0.4) is 0 Å². The molecule has 1 N–H and O–H groups in total. The molecule has 1 heterocycles. The predicted octanol–water partition coefficient (Wildman–Crippen LogP) is 2.85. The molecule has 1 aliphatic rings. The summed E-state index contributed by atoms with van der Waals surface area (Å²) in [5.74, 6) is -2.74. The molecule has 0 bridgehead atoms. The molecular weight excluding hydrogens is 253 g/mol. The molecule has 2 rings (SSSR count). The van der Waals surface area contributed by atoms with E-state index >= 15 is 0 Å². The summed E-state index contributed by atoms with van der Waals surface area (Å²) in [6, 6.07) is 1.47. The highest BCUT2D eigenvalue weighted by Crippen LogP contribution is 2.29. The fraction of sp³-hybridized carbons (Fsp3) is 0.571. The lowest BCUT2D eigenvalue weighted by atomic mass is 9.99. The molecule has 0 radical (unpaired) electrons. The van der Waals surface area contributed by atoms with E-state index in [9.17, 15) is 13.2 Å². The van der Waals surface area contributed by atoms with Crippen molar-refractivity contribution in [3.05, 3.63) is 35.1 Å². The number of nitrogens with zero attached hydrogens (tertiary/aromatic N) is 1. The van der Waals surface area contributed by atoms with Crippen molar-refractivity contribution in [2.45, 2.75) is 25.8 Å². The summed E-state index contributed by atoms with van der Waals surface area (Å²) in [5, 5.41) is 3.22. The number of nitrogens with one attached hydrogen (secondary N) is 1. The Balaban J connectivity index is 2.32. The molecule has 1 aromatic carbocycles. The summed E-state index contributed by atoms with van der Waals surface area (Å²) in [7, 11) is 0. The van der Waals surface area contributed by atoms with Gasteiger partial charge in [-0.05, 0) is 12.5 Å². The smallest absolute Gasteiger partial charge is 0.163 e. The van der Waals surface area contributed by atoms with Gasteiger partial charge in [-0.2, -0.15) is 0 Å². The minimum absolute atomic E-state index is 0.140. The highest BCUT2D eigenvalue weighted by molar-refractivity contribution is 5.24. The van der Waals surface area contributed by atoms with Crippen LogP contribution in [-0.2, 0) is 0 Å². The Morgan fingerprint density at radius 2 is 1.89 bits per heavy atom. The minimum Gasteiger partial charge on any atom is -0.314 e. The summed E-state index contributed by atoms with van der Waals surface area (Å²) >= 11 is 0. The Morgan fingerprint density at radius 1 is 1.21 bits per heavy atom. The molecule has 0 spiro atoms. The SMILES string of the molecule is CCC[C@H](c1cc(F)cc(F)c1F)N1CCNCC1. The third-order valence-corrected chi connectivity index (χ3v) is 3.53. The zero-order valence-electron chi connectivity index (χ0n) is 11.1. The average molecular weight is 272 g/mol. The molecule has 1 saturated heterocycles. The van der Waals surface area contributed by atoms with E-state index in [1.165, 1.54) is 0 Å². The first kappa shape index (κ1) is 14.3. The Labute approximate surface area is 111 Å². The fourth-order valence-corrected chi connectivity index (χ4v) is 2.62. The Kier molecular flexibility index (Phi) is 4.82. The van der Waals surface area contributed by atoms with Crippen molar-refractivity contribution >= 4 is 0 Å². The zero-order chi connectivity index (χ0) is 13.8. The van der Waals surface area contributed by atoms with Gasteiger partial charge in [-0.3, -0.25) is 4.90 Å². The molecule has 0 saturated carbocycles. The first-order valence-corrected chi connectivity index (χ1v) is 6.72. The number of halogens is 3. The Hall–Kier alpha value is -1.07. The topological polar surface area (TPSA) is 15.3 Å². The van der Waals surface area contributed by atoms with E-state index in [-0.39, 0.29) is 11.6 Å². The van der Waals surface area contributed by atoms with Gasteiger partial charge in [0, 0.05) is 43.9 Å². The van der Waals surface area contributed by atoms with Crippen molar-refractivity contribution in [3.63, 3.8) is 0 Å². The van der Waals surface area contributed by atoms with Crippen LogP contribution < -0.4 is 5.32 Å². The van der Waals surface area contributed by atoms with Gasteiger partial charge in [0.25, 0.3) is 0 Å². The van der Waals surface area contributed by atoms with Gasteiger partial charge in [0.15, 0.2) is 11.6 Å². The van der Waals surface area contributed by atoms with Gasteiger partial charge >= 0.3 is 0 Å². The lowest BCUT2D eigenvalue weighted by molar-refractivity contribution is 0.160. The third kappa shape index (κ3) is 3.28. The summed E-state index contributed by atoms with van der Waals surface area (Å²) in [6.07, 6.45) is 1.53. The van der Waals surface area contributed by atoms with Crippen LogP contribution in [0.25, 0.3) is 0 Å². The van der Waals surface area contributed by atoms with Crippen molar-refractivity contribution in [1.82, 2.24) is 10.2 Å². The van der Waals surface area contributed by atoms with Crippen molar-refractivity contribution < 1.29 is 13.2 Å². The fourth-order valence-electron chi connectivity index (χ4n) is 2.62. The largest absolute Gasteiger partial charge is 0.314 e. The third-order valence-electron chi connectivity index (χ3n) is 3.53. The van der Waals surface area contributed by atoms with E-state index in [0.717, 1.165) is 38.7 Å². The van der Waals surface area contributed by atoms with Crippen LogP contribution in [0.1, 0.15) is 31.4 Å². The van der Waals surface area contributed by atoms with E-state index in [1.807, 2.05) is 6.92 Å². The molecule has 1 aromatic rings. The van der Waals surface area contributed by atoms with Crippen LogP contribution in [0.2, 0.25) is 0 Å². The summed E-state index contributed by atoms with van der Waals surface area (Å²) in [6.45, 7) is 5.16. The first-order chi connectivity index (χ1) is 9.13. The first-order valence-electron chi connectivity index (χ1n) is 6.72. The molecule has 0 aromatic heterocycles. The Morgan fingerprint density at radius 3 is 2.53 bits per heavy atom. The van der Waals surface area contributed by atoms with E-state index in [1.54, 1.807) is 0 Å². The van der Waals surface area contributed by atoms with Crippen molar-refractivity contribution in [2.75, 3.05) is 26.2 Å². The van der Waals surface area contributed by atoms with Crippen LogP contribution in [-0.4, -0.2) is 31.1 Å². The molecule has 1 fully saturated rings. The predicted molar refractivity (Wildman–Crippen MR) is 68.4 cm³/mol. The normalized spacial score (nSPS) is 18.5. The minimum atomic E-state index is -1.11. The molecule has 0 aliphatic carbocycles. The molecular formula is C14H19F3N2. The standard InChI is InChI=1S/C14H19F3N2/c1-2-3-13(19-6-4-18-5-7-19)11-8-10(15)9-12(16)14(11)17/h8-9,13,18H,2-7H2,1H3/t13-/m1/s1. The highest BCUT2D eigenvalue weighted by atomic mass is 19.2. The number of hydrogen-bond acceptors (Lipinski definition) is 2. The number of piperazine rings is 1. The van der Waals surface area contributed by atoms with Crippen LogP contribution in [0.4, 0.5) is 13.2 Å². The average Bonchev–Trinajstić information content (AvgIpc) is 2.41. The van der Waals surface area contributed by atoms with Gasteiger partial charge in [-0.25, -0.2) is 13.2 Å². The Bertz CT molecular complexity index is 431. The molecule has 0 unspecified atom stereocenters. The molecule has 5 heteroatoms. The maximum Gasteiger partial charge on any atom is 0.163 e. The van der Waals surface area contributed by atoms with Crippen LogP contribution in [0.15, 0.2) is 12.1 Å². The van der Waals surface area contributed by atoms with Gasteiger partial charge in [-0.15, -0.1) is 0 Å². The van der Waals surface area contributed by atoms with Crippen LogP contribution in [0, 0.1) is 17.5 Å². The molecule has 2 nitrogen and oxygen atoms in total. The van der Waals surface area contributed by atoms with Gasteiger partial charge in [0.1, 0.15) is 5.82 Å². The number of benzene rings is 1. The molecule has 0 amide bonds. The van der Waals surface area contributed by atoms with Gasteiger partial charge in [-0.1, -0.05) is 13.3 Å². The van der Waals surface area contributed by atoms with E-state index in [2.05, 4.69) is 10.2 Å². The van der Waals surface area contributed by atoms with Crippen molar-refractivity contribution in [2.24, 2.45) is 0 Å². The second-order valence-electron chi connectivity index (χ2n) is 4.88. The lowest BCUT2D eigenvalue weighted by Crippen LogP contribution is -2.45. The second-order valence-corrected chi connectivity index (χ2v) is 4.88. The van der Waals surface area contributed by atoms with E-state index in [4.69, 9.17) is 0 Å².